The molecule has 0 unspecified atom stereocenters. The minimum Gasteiger partial charge on any atom is -0.339 e. The number of nitrogens with zero attached hydrogens (tertiary/aromatic N) is 4. The third-order valence-electron chi connectivity index (χ3n) is 4.06. The second kappa shape index (κ2) is 7.30. The number of benzene rings is 2. The maximum atomic E-state index is 4.65. The first-order chi connectivity index (χ1) is 12.1. The van der Waals surface area contributed by atoms with Crippen LogP contribution in [0.15, 0.2) is 48.7 Å². The standard InChI is InChI=1S/C20H23N5/c1-5-25(17-8-6-7-14(2)12-17)20-23-19(13-21-24-20)22-18-10-9-15(3)11-16(18)4/h6-13H,5H2,1-4H3,(H,22,23,24). The quantitative estimate of drug-likeness (QED) is 0.733. The summed E-state index contributed by atoms with van der Waals surface area (Å²) in [6.07, 6.45) is 1.65. The third-order valence-corrected chi connectivity index (χ3v) is 4.06. The van der Waals surface area contributed by atoms with Crippen LogP contribution >= 0.6 is 0 Å². The van der Waals surface area contributed by atoms with Gasteiger partial charge in [-0.25, -0.2) is 0 Å². The van der Waals surface area contributed by atoms with Crippen molar-refractivity contribution in [2.24, 2.45) is 0 Å². The van der Waals surface area contributed by atoms with Gasteiger partial charge in [-0.2, -0.15) is 10.1 Å². The van der Waals surface area contributed by atoms with Gasteiger partial charge in [0.25, 0.3) is 5.95 Å². The van der Waals surface area contributed by atoms with Crippen LogP contribution in [0, 0.1) is 20.8 Å². The molecule has 128 valence electrons. The van der Waals surface area contributed by atoms with Crippen LogP contribution in [0.1, 0.15) is 23.6 Å². The first-order valence-corrected chi connectivity index (χ1v) is 8.45. The summed E-state index contributed by atoms with van der Waals surface area (Å²) >= 11 is 0. The van der Waals surface area contributed by atoms with Gasteiger partial charge in [-0.15, -0.1) is 5.10 Å². The molecule has 2 aromatic carbocycles. The van der Waals surface area contributed by atoms with E-state index in [4.69, 9.17) is 0 Å². The lowest BCUT2D eigenvalue weighted by atomic mass is 10.1. The molecule has 0 atom stereocenters. The normalized spacial score (nSPS) is 10.6. The minimum atomic E-state index is 0.586. The van der Waals surface area contributed by atoms with E-state index in [1.165, 1.54) is 16.7 Å². The molecule has 3 aromatic rings. The Kier molecular flexibility index (Phi) is 4.93. The van der Waals surface area contributed by atoms with Crippen molar-refractivity contribution in [3.8, 4) is 0 Å². The van der Waals surface area contributed by atoms with E-state index in [1.54, 1.807) is 6.20 Å². The van der Waals surface area contributed by atoms with Gasteiger partial charge in [0.15, 0.2) is 5.82 Å². The summed E-state index contributed by atoms with van der Waals surface area (Å²) in [5.41, 5.74) is 5.70. The molecule has 0 aliphatic heterocycles. The lowest BCUT2D eigenvalue weighted by molar-refractivity contribution is 0.886. The monoisotopic (exact) mass is 333 g/mol. The van der Waals surface area contributed by atoms with Crippen molar-refractivity contribution in [2.75, 3.05) is 16.8 Å². The highest BCUT2D eigenvalue weighted by atomic mass is 15.3. The van der Waals surface area contributed by atoms with Gasteiger partial charge in [-0.05, 0) is 57.0 Å². The Morgan fingerprint density at radius 2 is 1.80 bits per heavy atom. The Hall–Kier alpha value is -2.95. The number of anilines is 4. The molecule has 0 aliphatic rings. The molecule has 25 heavy (non-hydrogen) atoms. The third kappa shape index (κ3) is 3.94. The zero-order chi connectivity index (χ0) is 17.8. The summed E-state index contributed by atoms with van der Waals surface area (Å²) in [6, 6.07) is 14.6. The lowest BCUT2D eigenvalue weighted by Gasteiger charge is -2.21. The van der Waals surface area contributed by atoms with Crippen LogP contribution in [0.4, 0.5) is 23.1 Å². The fourth-order valence-electron chi connectivity index (χ4n) is 2.80. The predicted octanol–water partition coefficient (Wildman–Crippen LogP) is 4.70. The van der Waals surface area contributed by atoms with Gasteiger partial charge >= 0.3 is 0 Å². The maximum Gasteiger partial charge on any atom is 0.251 e. The van der Waals surface area contributed by atoms with Crippen LogP contribution in [-0.4, -0.2) is 21.7 Å². The van der Waals surface area contributed by atoms with Crippen molar-refractivity contribution in [2.45, 2.75) is 27.7 Å². The average Bonchev–Trinajstić information content (AvgIpc) is 2.59. The van der Waals surface area contributed by atoms with E-state index in [1.807, 2.05) is 11.0 Å². The highest BCUT2D eigenvalue weighted by Crippen LogP contribution is 2.24. The number of hydrogen-bond acceptors (Lipinski definition) is 5. The molecule has 0 saturated carbocycles. The molecule has 0 spiro atoms. The Bertz CT molecular complexity index is 875. The SMILES string of the molecule is CCN(c1cccc(C)c1)c1nncc(Nc2ccc(C)cc2C)n1. The van der Waals surface area contributed by atoms with Gasteiger partial charge < -0.3 is 10.2 Å². The van der Waals surface area contributed by atoms with Gasteiger partial charge in [0.1, 0.15) is 0 Å². The van der Waals surface area contributed by atoms with E-state index >= 15 is 0 Å². The van der Waals surface area contributed by atoms with Crippen molar-refractivity contribution in [3.05, 3.63) is 65.4 Å². The van der Waals surface area contributed by atoms with E-state index in [-0.39, 0.29) is 0 Å². The molecular weight excluding hydrogens is 310 g/mol. The summed E-state index contributed by atoms with van der Waals surface area (Å²) in [4.78, 5) is 6.70. The first-order valence-electron chi connectivity index (χ1n) is 8.45. The Labute approximate surface area is 148 Å². The lowest BCUT2D eigenvalue weighted by Crippen LogP contribution is -2.19. The van der Waals surface area contributed by atoms with Crippen LogP contribution < -0.4 is 10.2 Å². The van der Waals surface area contributed by atoms with Crippen molar-refractivity contribution in [3.63, 3.8) is 0 Å². The molecular formula is C20H23N5. The molecule has 1 aromatic heterocycles. The number of nitrogens with one attached hydrogen (secondary N) is 1. The topological polar surface area (TPSA) is 53.9 Å². The second-order valence-electron chi connectivity index (χ2n) is 6.17. The number of rotatable bonds is 5. The molecule has 0 fully saturated rings. The fourth-order valence-corrected chi connectivity index (χ4v) is 2.80. The average molecular weight is 333 g/mol. The van der Waals surface area contributed by atoms with Crippen LogP contribution in [-0.2, 0) is 0 Å². The van der Waals surface area contributed by atoms with Crippen LogP contribution in [0.5, 0.6) is 0 Å². The Morgan fingerprint density at radius 1 is 1.00 bits per heavy atom. The number of hydrogen-bond donors (Lipinski definition) is 1. The summed E-state index contributed by atoms with van der Waals surface area (Å²) in [5.74, 6) is 1.27. The van der Waals surface area contributed by atoms with Gasteiger partial charge in [0.2, 0.25) is 0 Å². The Morgan fingerprint density at radius 3 is 2.52 bits per heavy atom. The minimum absolute atomic E-state index is 0.586. The van der Waals surface area contributed by atoms with E-state index in [2.05, 4.69) is 84.6 Å². The fraction of sp³-hybridized carbons (Fsp3) is 0.250. The van der Waals surface area contributed by atoms with Crippen molar-refractivity contribution in [1.82, 2.24) is 15.2 Å². The van der Waals surface area contributed by atoms with E-state index < -0.39 is 0 Å². The van der Waals surface area contributed by atoms with Crippen molar-refractivity contribution in [1.29, 1.82) is 0 Å². The summed E-state index contributed by atoms with van der Waals surface area (Å²) in [6.45, 7) is 9.08. The summed E-state index contributed by atoms with van der Waals surface area (Å²) in [5, 5.41) is 11.7. The molecule has 1 heterocycles. The maximum absolute atomic E-state index is 4.65. The van der Waals surface area contributed by atoms with Gasteiger partial charge in [0.05, 0.1) is 6.20 Å². The highest BCUT2D eigenvalue weighted by Gasteiger charge is 2.12. The molecule has 5 heteroatoms. The zero-order valence-electron chi connectivity index (χ0n) is 15.1. The largest absolute Gasteiger partial charge is 0.339 e. The van der Waals surface area contributed by atoms with Gasteiger partial charge in [0, 0.05) is 17.9 Å². The van der Waals surface area contributed by atoms with E-state index in [9.17, 15) is 0 Å². The molecule has 5 nitrogen and oxygen atoms in total. The smallest absolute Gasteiger partial charge is 0.251 e. The number of aromatic nitrogens is 3. The molecule has 1 N–H and O–H groups in total. The van der Waals surface area contributed by atoms with Gasteiger partial charge in [-0.3, -0.25) is 0 Å². The van der Waals surface area contributed by atoms with Gasteiger partial charge in [-0.1, -0.05) is 29.8 Å². The molecule has 0 aliphatic carbocycles. The van der Waals surface area contributed by atoms with E-state index in [0.717, 1.165) is 17.9 Å². The molecule has 0 saturated heterocycles. The number of aryl methyl sites for hydroxylation is 3. The van der Waals surface area contributed by atoms with E-state index in [0.29, 0.717) is 11.8 Å². The predicted molar refractivity (Wildman–Crippen MR) is 103 cm³/mol. The Balaban J connectivity index is 1.90. The molecule has 0 bridgehead atoms. The molecule has 0 amide bonds. The first kappa shape index (κ1) is 16.9. The van der Waals surface area contributed by atoms with Crippen LogP contribution in [0.25, 0.3) is 0 Å². The summed E-state index contributed by atoms with van der Waals surface area (Å²) < 4.78 is 0. The van der Waals surface area contributed by atoms with Crippen LogP contribution in [0.2, 0.25) is 0 Å². The zero-order valence-corrected chi connectivity index (χ0v) is 15.1. The van der Waals surface area contributed by atoms with Crippen molar-refractivity contribution < 1.29 is 0 Å². The second-order valence-corrected chi connectivity index (χ2v) is 6.17. The highest BCUT2D eigenvalue weighted by molar-refractivity contribution is 5.63. The summed E-state index contributed by atoms with van der Waals surface area (Å²) in [7, 11) is 0. The molecule has 3 rings (SSSR count). The molecule has 0 radical (unpaired) electrons. The van der Waals surface area contributed by atoms with Crippen LogP contribution in [0.3, 0.4) is 0 Å². The van der Waals surface area contributed by atoms with Crippen molar-refractivity contribution >= 4 is 23.1 Å².